The van der Waals surface area contributed by atoms with Crippen LogP contribution < -0.4 is 42.5 Å². The third-order valence-corrected chi connectivity index (χ3v) is 32.1. The van der Waals surface area contributed by atoms with E-state index in [2.05, 4.69) is 183 Å². The highest BCUT2D eigenvalue weighted by Crippen LogP contribution is 2.72. The zero-order valence-electron chi connectivity index (χ0n) is 78.3. The van der Waals surface area contributed by atoms with E-state index < -0.39 is 112 Å². The highest BCUT2D eigenvalue weighted by atomic mass is 127. The van der Waals surface area contributed by atoms with Crippen molar-refractivity contribution in [1.29, 1.82) is 0 Å². The van der Waals surface area contributed by atoms with Crippen LogP contribution in [0.1, 0.15) is 107 Å². The normalized spacial score (nSPS) is 30.8. The van der Waals surface area contributed by atoms with E-state index in [1.165, 1.54) is 30.8 Å². The first-order chi connectivity index (χ1) is 68.3. The van der Waals surface area contributed by atoms with Crippen LogP contribution in [0.3, 0.4) is 0 Å². The van der Waals surface area contributed by atoms with Crippen molar-refractivity contribution in [3.05, 3.63) is 200 Å². The molecule has 24 rings (SSSR count). The number of rotatable bonds is 23. The molecule has 0 saturated heterocycles. The Bertz CT molecular complexity index is 7220. The summed E-state index contributed by atoms with van der Waals surface area (Å²) < 4.78 is 9.95. The zero-order chi connectivity index (χ0) is 100.0. The number of amides is 3. The fraction of sp³-hybridized carbons (Fsp3) is 0.458. The molecule has 43 nitrogen and oxygen atoms in total. The van der Waals surface area contributed by atoms with Gasteiger partial charge >= 0.3 is 0 Å². The largest absolute Gasteiger partial charge is 0.396 e. The Morgan fingerprint density at radius 2 is 0.662 bits per heavy atom. The van der Waals surface area contributed by atoms with Gasteiger partial charge in [-0.2, -0.15) is 19.9 Å². The molecular weight excluding hydrogens is 1980 g/mol. The van der Waals surface area contributed by atoms with Gasteiger partial charge in [0, 0.05) is 86.5 Å². The number of fused-ring (bicyclic) bond motifs is 10. The maximum absolute atomic E-state index is 12.4. The summed E-state index contributed by atoms with van der Waals surface area (Å²) in [7, 11) is 6.38. The van der Waals surface area contributed by atoms with Crippen LogP contribution in [0.25, 0.3) is 55.8 Å². The monoisotopic (exact) mass is 2090 g/mol. The van der Waals surface area contributed by atoms with Crippen molar-refractivity contribution < 1.29 is 75.7 Å². The molecule has 10 heterocycles. The van der Waals surface area contributed by atoms with Gasteiger partial charge in [0.25, 0.3) is 0 Å². The first kappa shape index (κ1) is 97.3. The van der Waals surface area contributed by atoms with Gasteiger partial charge in [-0.15, -0.1) is 0 Å². The highest BCUT2D eigenvalue weighted by Gasteiger charge is 2.78. The molecule has 0 spiro atoms. The van der Waals surface area contributed by atoms with Crippen LogP contribution in [-0.2, 0) is 40.6 Å². The van der Waals surface area contributed by atoms with Gasteiger partial charge in [-0.05, 0) is 152 Å². The number of benzene rings is 4. The average molecular weight is 2090 g/mol. The van der Waals surface area contributed by atoms with Gasteiger partial charge in [0.05, 0.1) is 122 Å². The molecule has 3 amide bonds. The summed E-state index contributed by atoms with van der Waals surface area (Å²) in [6.45, 7) is 9.92. The molecule has 10 aliphatic carbocycles. The molecule has 744 valence electrons. The van der Waals surface area contributed by atoms with Crippen molar-refractivity contribution in [2.75, 3.05) is 68.0 Å². The Morgan fingerprint density at radius 1 is 0.359 bits per heavy atom. The molecule has 10 fully saturated rings. The second-order valence-electron chi connectivity index (χ2n) is 39.0. The number of halogens is 3. The molecule has 20 N–H and O–H groups in total. The molecule has 46 heteroatoms. The van der Waals surface area contributed by atoms with Crippen molar-refractivity contribution in [3.8, 4) is 0 Å². The minimum Gasteiger partial charge on any atom is -0.396 e. The first-order valence-electron chi connectivity index (χ1n) is 46.9. The number of imidazole rings is 5. The minimum absolute atomic E-state index is 0.0126. The van der Waals surface area contributed by atoms with Crippen molar-refractivity contribution >= 4 is 148 Å². The van der Waals surface area contributed by atoms with Gasteiger partial charge in [0.15, 0.2) is 68.4 Å². The van der Waals surface area contributed by atoms with Crippen molar-refractivity contribution in [2.45, 2.75) is 177 Å². The van der Waals surface area contributed by atoms with Gasteiger partial charge in [-0.25, -0.2) is 54.8 Å². The first-order valence-corrected chi connectivity index (χ1v) is 48.7. The number of carbonyl (C=O) groups excluding carboxylic acids is 3. The molecule has 142 heavy (non-hydrogen) atoms. The SMILES string of the molecule is CNC(=O)[C@@]12C[C@@H]1[C@@H](n1cnc3c(NC)nc(C)nc31)[C@H](O)[C@@H]2O.CNC(=O)[C@@]12C[C@@H]1[C@@H](n1cnc3c(NCc4cccc(C)c4)nc(Cl)nc31)[C@H](O)[C@@H]2O.CNC(=O)[C@@]12C[C@@H]1[C@@H](n1cnc3c(NCc4cccc(C)c4)ncnc31)[C@H](O)[C@@H]2O.Cc1cccc(CNc2ncnc3c2ncn3[C@H]2[C@H](O)[C@H](O)[C@]3(CO)C[C@H]23)c1.OC[C@@]12C[C@@H]1[C@@H](n1cnc3c(NCc4cccc(I)c4)nc(Cl)nc31)[C@H](O)[C@@H]2O. The predicted molar refractivity (Wildman–Crippen MR) is 527 cm³/mol. The summed E-state index contributed by atoms with van der Waals surface area (Å²) in [6.07, 6.45) is 3.34. The maximum Gasteiger partial charge on any atom is 0.229 e. The highest BCUT2D eigenvalue weighted by molar-refractivity contribution is 14.1. The number of aliphatic hydroxyl groups is 12. The summed E-state index contributed by atoms with van der Waals surface area (Å²) in [6, 6.07) is 30.4. The van der Waals surface area contributed by atoms with Gasteiger partial charge in [-0.3, -0.25) is 14.4 Å². The van der Waals surface area contributed by atoms with Crippen LogP contribution in [0.15, 0.2) is 141 Å². The molecule has 10 saturated carbocycles. The van der Waals surface area contributed by atoms with Crippen LogP contribution >= 0.6 is 45.8 Å². The van der Waals surface area contributed by atoms with Crippen LogP contribution in [0.4, 0.5) is 29.1 Å². The number of hydrogen-bond donors (Lipinski definition) is 20. The average Bonchev–Trinajstić information content (AvgIpc) is 1.53. The molecule has 0 aliphatic heterocycles. The Morgan fingerprint density at radius 3 is 0.986 bits per heavy atom. The second kappa shape index (κ2) is 37.6. The van der Waals surface area contributed by atoms with Crippen LogP contribution in [0.5, 0.6) is 0 Å². The van der Waals surface area contributed by atoms with E-state index in [0.717, 1.165) is 31.4 Å². The molecule has 0 bridgehead atoms. The topological polar surface area (TPSA) is 608 Å². The van der Waals surface area contributed by atoms with Crippen molar-refractivity contribution in [2.24, 2.45) is 56.7 Å². The summed E-state index contributed by atoms with van der Waals surface area (Å²) in [4.78, 5) is 103. The van der Waals surface area contributed by atoms with E-state index in [9.17, 15) is 75.7 Å². The van der Waals surface area contributed by atoms with E-state index in [0.29, 0.717) is 149 Å². The lowest BCUT2D eigenvalue weighted by Gasteiger charge is -2.23. The number of aryl methyl sites for hydroxylation is 4. The van der Waals surface area contributed by atoms with Crippen LogP contribution in [0, 0.1) is 87.9 Å². The smallest absolute Gasteiger partial charge is 0.229 e. The summed E-state index contributed by atoms with van der Waals surface area (Å²) >= 11 is 14.6. The number of nitrogens with zero attached hydrogens (tertiary/aromatic N) is 20. The standard InChI is InChI=1S/C21H23ClN6O3.C21H24N6O3.C20H23N5O3.C19H19ClIN5O3.C15H20N6O3/c1-10-4-3-5-11(6-10)8-24-17-13-18(27-20(22)26-17)28(9-25-13)14-12-7-21(12,19(31)23-2)16(30)15(14)29;1-11-4-3-5-12(6-11)8-23-18-14-19(25-9-24-18)27(10-26-14)15-13-7-21(13,20(30)22-2)17(29)16(15)28;1-11-3-2-4-12(5-11)7-21-18-14-19(23-9-22-18)25(10-24-14)15-13-6-20(13,8-26)17(28)16(15)27;20-18-24-16(22-6-9-2-1-3-10(21)4-9)12-17(25-18)26(8-23-12)13-11-5-19(11,7-27)15(29)14(13)28;1-6-19-12(16-2)8-13(20-6)21(5-18-8)9-7-4-15(7,14(24)17-3)11(23)10(9)22/h3-6,9,12,14-16,29-30H,7-8H2,1-2H3,(H,23,31)(H,24,26,27);3-6,9-10,13,15-17,28-29H,7-8H2,1-2H3,(H,22,30)(H,23,24,25);2-5,9-10,13,15-17,26-28H,6-8H2,1H3,(H,21,22,23);1-4,8,11,13-15,27-29H,5-7H2,(H,22,24,25);5,7,9-11,22-23H,4H2,1-3H3,(H,17,24)(H,16,19,20)/t12-,14-,15+,16+,21+;13-,15-,16+,17+,21+;13-,15-,16+,17+,20+;11-,13-,14+,15+,19+;7-,9-,10+,11+,15+/m11111/s1. The number of aliphatic hydroxyl groups excluding tert-OH is 12. The van der Waals surface area contributed by atoms with Crippen molar-refractivity contribution in [3.63, 3.8) is 0 Å². The molecule has 10 aliphatic rings. The number of carbonyl (C=O) groups is 3. The lowest BCUT2D eigenvalue weighted by molar-refractivity contribution is -0.132. The third-order valence-electron chi connectivity index (χ3n) is 31.1. The minimum atomic E-state index is -1.16. The third kappa shape index (κ3) is 16.3. The number of anilines is 5. The Labute approximate surface area is 834 Å². The van der Waals surface area contributed by atoms with Gasteiger partial charge in [0.1, 0.15) is 65.5 Å². The molecule has 0 unspecified atom stereocenters. The summed E-state index contributed by atoms with van der Waals surface area (Å²) in [5.41, 5.74) is 9.51. The Kier molecular flexibility index (Phi) is 25.7. The Hall–Kier alpha value is -12.1. The van der Waals surface area contributed by atoms with Crippen LogP contribution in [0.2, 0.25) is 10.6 Å². The van der Waals surface area contributed by atoms with Crippen molar-refractivity contribution in [1.82, 2.24) is 114 Å². The van der Waals surface area contributed by atoms with Gasteiger partial charge < -0.3 is 127 Å². The van der Waals surface area contributed by atoms with Gasteiger partial charge in [-0.1, -0.05) is 102 Å². The lowest BCUT2D eigenvalue weighted by Crippen LogP contribution is -2.41. The Balaban J connectivity index is 0.000000109. The number of aromatic nitrogens is 20. The molecule has 4 aromatic carbocycles. The van der Waals surface area contributed by atoms with E-state index in [1.807, 2.05) is 79.1 Å². The van der Waals surface area contributed by atoms with E-state index in [4.69, 9.17) is 23.2 Å². The van der Waals surface area contributed by atoms with Gasteiger partial charge in [0.2, 0.25) is 28.3 Å². The molecule has 0 radical (unpaired) electrons. The predicted octanol–water partition coefficient (Wildman–Crippen LogP) is 4.40. The van der Waals surface area contributed by atoms with Crippen LogP contribution in [-0.4, -0.2) is 279 Å². The maximum atomic E-state index is 12.4. The lowest BCUT2D eigenvalue weighted by atomic mass is 9.98. The summed E-state index contributed by atoms with van der Waals surface area (Å²) in [5, 5.41) is 149. The number of hydrogen-bond acceptors (Lipinski definition) is 35. The summed E-state index contributed by atoms with van der Waals surface area (Å²) in [5.74, 6) is 2.13. The van der Waals surface area contributed by atoms with E-state index >= 15 is 0 Å². The fourth-order valence-corrected chi connectivity index (χ4v) is 24.5. The number of nitrogens with one attached hydrogen (secondary N) is 8. The molecular formula is C96H109Cl2IN28O15. The van der Waals surface area contributed by atoms with E-state index in [1.54, 1.807) is 78.0 Å². The molecule has 14 aromatic rings. The van der Waals surface area contributed by atoms with E-state index in [-0.39, 0.29) is 77.1 Å². The zero-order valence-corrected chi connectivity index (χ0v) is 81.9. The quantitative estimate of drug-likeness (QED) is 0.0311. The molecule has 25 atom stereocenters. The molecule has 10 aromatic heterocycles. The fourth-order valence-electron chi connectivity index (χ4n) is 23.6. The second-order valence-corrected chi connectivity index (χ2v) is 40.9.